The molecule has 0 bridgehead atoms. The van der Waals surface area contributed by atoms with Crippen molar-refractivity contribution in [2.24, 2.45) is 11.8 Å². The van der Waals surface area contributed by atoms with Crippen molar-refractivity contribution in [1.29, 1.82) is 0 Å². The number of carboxylic acids is 1. The number of Topliss-reactive ketones (excluding diaryl/α,β-unsaturated/α-hetero) is 1. The average molecular weight is 186 g/mol. The third-order valence-electron chi connectivity index (χ3n) is 2.22. The fraction of sp³-hybridized carbons (Fsp3) is 0.800. The number of ketones is 1. The first-order valence-corrected chi connectivity index (χ1v) is 4.64. The van der Waals surface area contributed by atoms with Crippen LogP contribution in [0.25, 0.3) is 0 Å². The van der Waals surface area contributed by atoms with E-state index in [9.17, 15) is 9.59 Å². The molecule has 0 aliphatic carbocycles. The zero-order valence-electron chi connectivity index (χ0n) is 8.54. The van der Waals surface area contributed by atoms with Crippen LogP contribution in [0.1, 0.15) is 40.0 Å². The van der Waals surface area contributed by atoms with Gasteiger partial charge in [0.2, 0.25) is 0 Å². The molecule has 0 rings (SSSR count). The Morgan fingerprint density at radius 2 is 1.85 bits per heavy atom. The van der Waals surface area contributed by atoms with Crippen molar-refractivity contribution in [3.63, 3.8) is 0 Å². The maximum Gasteiger partial charge on any atom is 0.303 e. The Bertz CT molecular complexity index is 185. The number of hydrogen-bond acceptors (Lipinski definition) is 2. The fourth-order valence-corrected chi connectivity index (χ4v) is 1.35. The molecule has 0 fully saturated rings. The van der Waals surface area contributed by atoms with Crippen molar-refractivity contribution in [3.8, 4) is 0 Å². The van der Waals surface area contributed by atoms with E-state index in [0.717, 1.165) is 0 Å². The smallest absolute Gasteiger partial charge is 0.303 e. The monoisotopic (exact) mass is 186 g/mol. The topological polar surface area (TPSA) is 54.4 Å². The van der Waals surface area contributed by atoms with Gasteiger partial charge in [0.1, 0.15) is 5.78 Å². The largest absolute Gasteiger partial charge is 0.481 e. The highest BCUT2D eigenvalue weighted by molar-refractivity contribution is 5.75. The average Bonchev–Trinajstić information content (AvgIpc) is 1.96. The van der Waals surface area contributed by atoms with Crippen LogP contribution in [0, 0.1) is 11.8 Å². The van der Waals surface area contributed by atoms with Crippen LogP contribution in [-0.4, -0.2) is 16.9 Å². The lowest BCUT2D eigenvalue weighted by molar-refractivity contribution is -0.137. The fourth-order valence-electron chi connectivity index (χ4n) is 1.35. The van der Waals surface area contributed by atoms with Gasteiger partial charge in [-0.1, -0.05) is 13.8 Å². The third kappa shape index (κ3) is 6.31. The minimum Gasteiger partial charge on any atom is -0.481 e. The van der Waals surface area contributed by atoms with Crippen LogP contribution in [-0.2, 0) is 9.59 Å². The first-order chi connectivity index (χ1) is 5.93. The van der Waals surface area contributed by atoms with E-state index in [2.05, 4.69) is 0 Å². The number of carbonyl (C=O) groups is 2. The summed E-state index contributed by atoms with van der Waals surface area (Å²) >= 11 is 0. The van der Waals surface area contributed by atoms with Gasteiger partial charge in [0.05, 0.1) is 0 Å². The molecule has 3 nitrogen and oxygen atoms in total. The summed E-state index contributed by atoms with van der Waals surface area (Å²) in [5, 5.41) is 8.49. The summed E-state index contributed by atoms with van der Waals surface area (Å²) in [4.78, 5) is 21.2. The Hall–Kier alpha value is -0.860. The van der Waals surface area contributed by atoms with Crippen molar-refractivity contribution < 1.29 is 14.7 Å². The summed E-state index contributed by atoms with van der Waals surface area (Å²) in [5.41, 5.74) is 0. The zero-order chi connectivity index (χ0) is 10.4. The van der Waals surface area contributed by atoms with Crippen molar-refractivity contribution in [2.45, 2.75) is 40.0 Å². The molecule has 0 aliphatic rings. The van der Waals surface area contributed by atoms with Crippen LogP contribution in [0.3, 0.4) is 0 Å². The molecule has 13 heavy (non-hydrogen) atoms. The maximum absolute atomic E-state index is 10.9. The Kier molecular flexibility index (Phi) is 5.35. The lowest BCUT2D eigenvalue weighted by atomic mass is 9.87. The van der Waals surface area contributed by atoms with Gasteiger partial charge in [-0.3, -0.25) is 4.79 Å². The highest BCUT2D eigenvalue weighted by atomic mass is 16.4. The molecule has 1 N–H and O–H groups in total. The lowest BCUT2D eigenvalue weighted by Gasteiger charge is -2.18. The van der Waals surface area contributed by atoms with Crippen LogP contribution in [0.15, 0.2) is 0 Å². The number of rotatable bonds is 6. The summed E-state index contributed by atoms with van der Waals surface area (Å²) in [6.45, 7) is 5.60. The first kappa shape index (κ1) is 12.1. The Morgan fingerprint density at radius 3 is 2.15 bits per heavy atom. The van der Waals surface area contributed by atoms with E-state index in [1.165, 1.54) is 0 Å². The second-order valence-electron chi connectivity index (χ2n) is 3.84. The van der Waals surface area contributed by atoms with Crippen LogP contribution < -0.4 is 0 Å². The Balaban J connectivity index is 3.95. The molecular formula is C10H18O3. The molecule has 0 heterocycles. The molecule has 1 atom stereocenters. The van der Waals surface area contributed by atoms with Crippen LogP contribution >= 0.6 is 0 Å². The van der Waals surface area contributed by atoms with E-state index in [1.54, 1.807) is 6.92 Å². The molecule has 0 aromatic carbocycles. The van der Waals surface area contributed by atoms with Gasteiger partial charge in [0.25, 0.3) is 0 Å². The Labute approximate surface area is 79.1 Å². The normalized spacial score (nSPS) is 12.9. The van der Waals surface area contributed by atoms with Gasteiger partial charge in [0.15, 0.2) is 0 Å². The first-order valence-electron chi connectivity index (χ1n) is 4.64. The molecule has 0 saturated heterocycles. The molecule has 0 aromatic rings. The number of hydrogen-bond donors (Lipinski definition) is 1. The van der Waals surface area contributed by atoms with E-state index < -0.39 is 5.97 Å². The molecule has 3 heteroatoms. The van der Waals surface area contributed by atoms with Gasteiger partial charge in [-0.15, -0.1) is 0 Å². The summed E-state index contributed by atoms with van der Waals surface area (Å²) in [6.07, 6.45) is 1.27. The Morgan fingerprint density at radius 1 is 1.31 bits per heavy atom. The van der Waals surface area contributed by atoms with Crippen LogP contribution in [0.5, 0.6) is 0 Å². The van der Waals surface area contributed by atoms with E-state index in [1.807, 2.05) is 13.8 Å². The summed E-state index contributed by atoms with van der Waals surface area (Å²) < 4.78 is 0. The highest BCUT2D eigenvalue weighted by Gasteiger charge is 2.16. The predicted octanol–water partition coefficient (Wildman–Crippen LogP) is 2.10. The van der Waals surface area contributed by atoms with E-state index in [4.69, 9.17) is 5.11 Å². The molecule has 0 aliphatic heterocycles. The summed E-state index contributed by atoms with van der Waals surface area (Å²) in [6, 6.07) is 0. The molecule has 0 radical (unpaired) electrons. The second kappa shape index (κ2) is 5.73. The van der Waals surface area contributed by atoms with Gasteiger partial charge in [-0.05, 0) is 25.2 Å². The summed E-state index contributed by atoms with van der Waals surface area (Å²) in [5.74, 6) is -0.0462. The third-order valence-corrected chi connectivity index (χ3v) is 2.22. The molecule has 0 amide bonds. The predicted molar refractivity (Wildman–Crippen MR) is 50.5 cm³/mol. The SMILES string of the molecule is CC(=O)CC(CCC(=O)O)C(C)C. The van der Waals surface area contributed by atoms with Crippen molar-refractivity contribution in [1.82, 2.24) is 0 Å². The van der Waals surface area contributed by atoms with Crippen molar-refractivity contribution in [2.75, 3.05) is 0 Å². The van der Waals surface area contributed by atoms with E-state index in [0.29, 0.717) is 18.8 Å². The van der Waals surface area contributed by atoms with Gasteiger partial charge in [-0.2, -0.15) is 0 Å². The minimum atomic E-state index is -0.783. The van der Waals surface area contributed by atoms with Gasteiger partial charge in [0, 0.05) is 12.8 Å². The standard InChI is InChI=1S/C10H18O3/c1-7(2)9(6-8(3)11)4-5-10(12)13/h7,9H,4-6H2,1-3H3,(H,12,13). The lowest BCUT2D eigenvalue weighted by Crippen LogP contribution is -2.14. The molecule has 76 valence electrons. The molecule has 1 unspecified atom stereocenters. The maximum atomic E-state index is 10.9. The van der Waals surface area contributed by atoms with Gasteiger partial charge in [-0.25, -0.2) is 0 Å². The molecular weight excluding hydrogens is 168 g/mol. The summed E-state index contributed by atoms with van der Waals surface area (Å²) in [7, 11) is 0. The van der Waals surface area contributed by atoms with Crippen LogP contribution in [0.4, 0.5) is 0 Å². The number of aliphatic carboxylic acids is 1. The number of carboxylic acid groups (broad SMARTS) is 1. The highest BCUT2D eigenvalue weighted by Crippen LogP contribution is 2.21. The van der Waals surface area contributed by atoms with E-state index >= 15 is 0 Å². The van der Waals surface area contributed by atoms with Crippen LogP contribution in [0.2, 0.25) is 0 Å². The number of carbonyl (C=O) groups excluding carboxylic acids is 1. The van der Waals surface area contributed by atoms with Gasteiger partial charge < -0.3 is 9.90 Å². The quantitative estimate of drug-likeness (QED) is 0.691. The van der Waals surface area contributed by atoms with Crippen molar-refractivity contribution in [3.05, 3.63) is 0 Å². The zero-order valence-corrected chi connectivity index (χ0v) is 8.54. The molecule has 0 saturated carbocycles. The van der Waals surface area contributed by atoms with Crippen molar-refractivity contribution >= 4 is 11.8 Å². The van der Waals surface area contributed by atoms with E-state index in [-0.39, 0.29) is 18.1 Å². The second-order valence-corrected chi connectivity index (χ2v) is 3.84. The minimum absolute atomic E-state index is 0.143. The van der Waals surface area contributed by atoms with Gasteiger partial charge >= 0.3 is 5.97 Å². The molecule has 0 spiro atoms. The molecule has 0 aromatic heterocycles.